The van der Waals surface area contributed by atoms with Crippen LogP contribution in [0.5, 0.6) is 0 Å². The molecule has 4 aromatic heterocycles. The molecule has 0 spiro atoms. The normalized spacial score (nSPS) is 13.8. The van der Waals surface area contributed by atoms with Gasteiger partial charge in [0.1, 0.15) is 29.5 Å². The number of aromatic amines is 1. The number of fused-ring (bicyclic) bond motifs is 1. The van der Waals surface area contributed by atoms with E-state index in [9.17, 15) is 8.78 Å². The Morgan fingerprint density at radius 1 is 1.03 bits per heavy atom. The summed E-state index contributed by atoms with van der Waals surface area (Å²) in [5.41, 5.74) is 4.58. The van der Waals surface area contributed by atoms with Crippen molar-refractivity contribution in [3.05, 3.63) is 78.1 Å². The monoisotopic (exact) mass is 431 g/mol. The van der Waals surface area contributed by atoms with Gasteiger partial charge in [-0.25, -0.2) is 23.3 Å². The SMILES string of the molecule is Fc1cc(F)cc(CCc2nc(-c3ccc4ncnn4c3)c(-c3ccn(C4CC4)n3)[nH]2)c1. The van der Waals surface area contributed by atoms with Gasteiger partial charge in [0.2, 0.25) is 0 Å². The fourth-order valence-electron chi connectivity index (χ4n) is 3.92. The number of nitrogens with one attached hydrogen (secondary N) is 1. The van der Waals surface area contributed by atoms with Gasteiger partial charge in [-0.3, -0.25) is 4.68 Å². The predicted octanol–water partition coefficient (Wildman–Crippen LogP) is 4.38. The van der Waals surface area contributed by atoms with Crippen LogP contribution in [0, 0.1) is 11.6 Å². The maximum atomic E-state index is 13.6. The molecule has 1 aliphatic carbocycles. The van der Waals surface area contributed by atoms with Crippen LogP contribution in [0.4, 0.5) is 8.78 Å². The highest BCUT2D eigenvalue weighted by atomic mass is 19.1. The minimum atomic E-state index is -0.576. The number of H-pyrrole nitrogens is 1. The van der Waals surface area contributed by atoms with Crippen LogP contribution >= 0.6 is 0 Å². The summed E-state index contributed by atoms with van der Waals surface area (Å²) in [6.45, 7) is 0. The van der Waals surface area contributed by atoms with Crippen molar-refractivity contribution < 1.29 is 8.78 Å². The van der Waals surface area contributed by atoms with Gasteiger partial charge < -0.3 is 4.98 Å². The van der Waals surface area contributed by atoms with Gasteiger partial charge in [-0.05, 0) is 55.2 Å². The minimum absolute atomic E-state index is 0.458. The molecule has 9 heteroatoms. The third kappa shape index (κ3) is 3.55. The van der Waals surface area contributed by atoms with E-state index in [2.05, 4.69) is 15.1 Å². The number of halogens is 2. The number of rotatable bonds is 6. The molecule has 0 atom stereocenters. The Balaban J connectivity index is 1.37. The fourth-order valence-corrected chi connectivity index (χ4v) is 3.92. The van der Waals surface area contributed by atoms with Gasteiger partial charge in [-0.15, -0.1) is 0 Å². The Morgan fingerprint density at radius 2 is 1.88 bits per heavy atom. The lowest BCUT2D eigenvalue weighted by Gasteiger charge is -2.01. The van der Waals surface area contributed by atoms with E-state index in [0.29, 0.717) is 24.4 Å². The number of pyridine rings is 1. The molecule has 160 valence electrons. The third-order valence-corrected chi connectivity index (χ3v) is 5.66. The van der Waals surface area contributed by atoms with E-state index in [0.717, 1.165) is 53.0 Å². The number of imidazole rings is 1. The van der Waals surface area contributed by atoms with Crippen molar-refractivity contribution in [3.63, 3.8) is 0 Å². The maximum absolute atomic E-state index is 13.6. The number of aryl methyl sites for hydroxylation is 2. The van der Waals surface area contributed by atoms with E-state index >= 15 is 0 Å². The van der Waals surface area contributed by atoms with Crippen LogP contribution in [0.1, 0.15) is 30.3 Å². The van der Waals surface area contributed by atoms with Crippen molar-refractivity contribution in [2.24, 2.45) is 0 Å². The van der Waals surface area contributed by atoms with Gasteiger partial charge in [0.25, 0.3) is 0 Å². The van der Waals surface area contributed by atoms with Crippen LogP contribution in [0.25, 0.3) is 28.3 Å². The Bertz CT molecular complexity index is 1410. The largest absolute Gasteiger partial charge is 0.340 e. The Kier molecular flexibility index (Phi) is 4.34. The van der Waals surface area contributed by atoms with Crippen molar-refractivity contribution >= 4 is 5.65 Å². The molecule has 0 radical (unpaired) electrons. The molecule has 1 aromatic carbocycles. The third-order valence-electron chi connectivity index (χ3n) is 5.66. The first-order valence-electron chi connectivity index (χ1n) is 10.5. The molecule has 0 bridgehead atoms. The number of hydrogen-bond acceptors (Lipinski definition) is 4. The highest BCUT2D eigenvalue weighted by Gasteiger charge is 2.25. The second-order valence-electron chi connectivity index (χ2n) is 8.08. The number of nitrogens with zero attached hydrogens (tertiary/aromatic N) is 6. The lowest BCUT2D eigenvalue weighted by Crippen LogP contribution is -1.96. The summed E-state index contributed by atoms with van der Waals surface area (Å²) >= 11 is 0. The highest BCUT2D eigenvalue weighted by Crippen LogP contribution is 2.36. The molecule has 1 aliphatic rings. The Hall–Kier alpha value is -3.88. The smallest absolute Gasteiger partial charge is 0.155 e. The predicted molar refractivity (Wildman–Crippen MR) is 114 cm³/mol. The van der Waals surface area contributed by atoms with Gasteiger partial charge in [0, 0.05) is 30.4 Å². The van der Waals surface area contributed by atoms with Gasteiger partial charge >= 0.3 is 0 Å². The van der Waals surface area contributed by atoms with Crippen molar-refractivity contribution in [2.75, 3.05) is 0 Å². The molecule has 0 amide bonds. The molecule has 0 saturated heterocycles. The summed E-state index contributed by atoms with van der Waals surface area (Å²) in [4.78, 5) is 12.4. The molecule has 1 saturated carbocycles. The summed E-state index contributed by atoms with van der Waals surface area (Å²) in [5, 5.41) is 8.97. The lowest BCUT2D eigenvalue weighted by molar-refractivity contribution is 0.579. The molecule has 1 fully saturated rings. The van der Waals surface area contributed by atoms with Gasteiger partial charge in [0.15, 0.2) is 5.65 Å². The molecule has 1 N–H and O–H groups in total. The Morgan fingerprint density at radius 3 is 2.69 bits per heavy atom. The van der Waals surface area contributed by atoms with Crippen molar-refractivity contribution in [1.82, 2.24) is 34.3 Å². The first-order chi connectivity index (χ1) is 15.6. The first kappa shape index (κ1) is 18.9. The van der Waals surface area contributed by atoms with Crippen LogP contribution in [0.3, 0.4) is 0 Å². The molecular formula is C23H19F2N7. The molecular weight excluding hydrogens is 412 g/mol. The van der Waals surface area contributed by atoms with Crippen molar-refractivity contribution in [2.45, 2.75) is 31.7 Å². The maximum Gasteiger partial charge on any atom is 0.155 e. The summed E-state index contributed by atoms with van der Waals surface area (Å²) in [5.74, 6) is -0.431. The van der Waals surface area contributed by atoms with E-state index in [4.69, 9.17) is 10.1 Å². The summed E-state index contributed by atoms with van der Waals surface area (Å²) in [6.07, 6.45) is 8.64. The molecule has 7 nitrogen and oxygen atoms in total. The van der Waals surface area contributed by atoms with E-state index in [1.807, 2.05) is 35.3 Å². The van der Waals surface area contributed by atoms with Gasteiger partial charge in [-0.1, -0.05) is 0 Å². The topological polar surface area (TPSA) is 76.7 Å². The molecule has 32 heavy (non-hydrogen) atoms. The van der Waals surface area contributed by atoms with Crippen LogP contribution < -0.4 is 0 Å². The Labute approximate surface area is 181 Å². The fraction of sp³-hybridized carbons (Fsp3) is 0.217. The highest BCUT2D eigenvalue weighted by molar-refractivity contribution is 5.76. The van der Waals surface area contributed by atoms with Crippen LogP contribution in [-0.2, 0) is 12.8 Å². The van der Waals surface area contributed by atoms with Gasteiger partial charge in [-0.2, -0.15) is 10.2 Å². The molecule has 4 heterocycles. The number of benzene rings is 1. The first-order valence-corrected chi connectivity index (χ1v) is 10.5. The molecule has 0 unspecified atom stereocenters. The van der Waals surface area contributed by atoms with E-state index < -0.39 is 11.6 Å². The zero-order valence-corrected chi connectivity index (χ0v) is 17.0. The summed E-state index contributed by atoms with van der Waals surface area (Å²) < 4.78 is 30.8. The van der Waals surface area contributed by atoms with E-state index in [1.54, 1.807) is 4.52 Å². The standard InChI is InChI=1S/C23H19F2N7/c24-16-9-14(10-17(25)11-16)1-5-20-28-22(15-2-6-21-26-13-27-32(21)12-15)23(29-20)19-7-8-31(30-19)18-3-4-18/h2,6-13,18H,1,3-5H2,(H,28,29). The lowest BCUT2D eigenvalue weighted by atomic mass is 10.1. The number of hydrogen-bond donors (Lipinski definition) is 1. The van der Waals surface area contributed by atoms with Gasteiger partial charge in [0.05, 0.1) is 17.4 Å². The van der Waals surface area contributed by atoms with Crippen LogP contribution in [0.2, 0.25) is 0 Å². The zero-order valence-electron chi connectivity index (χ0n) is 17.0. The molecule has 6 rings (SSSR count). The summed E-state index contributed by atoms with van der Waals surface area (Å²) in [6, 6.07) is 9.88. The number of aromatic nitrogens is 7. The molecule has 0 aliphatic heterocycles. The van der Waals surface area contributed by atoms with Crippen LogP contribution in [-0.4, -0.2) is 34.3 Å². The van der Waals surface area contributed by atoms with E-state index in [-0.39, 0.29) is 0 Å². The second kappa shape index (κ2) is 7.37. The average molecular weight is 431 g/mol. The second-order valence-corrected chi connectivity index (χ2v) is 8.08. The zero-order chi connectivity index (χ0) is 21.7. The minimum Gasteiger partial charge on any atom is -0.340 e. The van der Waals surface area contributed by atoms with Crippen molar-refractivity contribution in [3.8, 4) is 22.6 Å². The summed E-state index contributed by atoms with van der Waals surface area (Å²) in [7, 11) is 0. The molecule has 5 aromatic rings. The van der Waals surface area contributed by atoms with E-state index in [1.165, 1.54) is 18.5 Å². The average Bonchev–Trinajstić information content (AvgIpc) is 3.17. The quantitative estimate of drug-likeness (QED) is 0.433. The van der Waals surface area contributed by atoms with Crippen molar-refractivity contribution in [1.29, 1.82) is 0 Å². The van der Waals surface area contributed by atoms with Crippen LogP contribution in [0.15, 0.2) is 55.1 Å².